The number of amides is 1. The molecule has 2 fully saturated rings. The van der Waals surface area contributed by atoms with Crippen LogP contribution in [0.5, 0.6) is 0 Å². The van der Waals surface area contributed by atoms with Crippen LogP contribution in [0.4, 0.5) is 0 Å². The van der Waals surface area contributed by atoms with Crippen molar-refractivity contribution in [2.45, 2.75) is 42.0 Å². The van der Waals surface area contributed by atoms with Crippen molar-refractivity contribution in [3.8, 4) is 0 Å². The SMILES string of the molecule is O=C1CCCN1CCCSc1ccc(S(=O)(=O)N2CCCC2)cn1. The molecule has 0 radical (unpaired) electrons. The van der Waals surface area contributed by atoms with E-state index in [0.29, 0.717) is 19.5 Å². The van der Waals surface area contributed by atoms with Crippen LogP contribution in [0.15, 0.2) is 28.3 Å². The third-order valence-electron chi connectivity index (χ3n) is 4.41. The maximum absolute atomic E-state index is 12.4. The molecular formula is C16H23N3O3S2. The molecule has 3 heterocycles. The van der Waals surface area contributed by atoms with Crippen molar-refractivity contribution in [3.05, 3.63) is 18.3 Å². The van der Waals surface area contributed by atoms with Crippen LogP contribution in [0.3, 0.4) is 0 Å². The molecule has 2 aliphatic heterocycles. The predicted molar refractivity (Wildman–Crippen MR) is 93.4 cm³/mol. The van der Waals surface area contributed by atoms with Gasteiger partial charge in [-0.1, -0.05) is 0 Å². The number of carbonyl (C=O) groups excluding carboxylic acids is 1. The Kier molecular flexibility index (Phi) is 5.78. The summed E-state index contributed by atoms with van der Waals surface area (Å²) in [6.07, 6.45) is 5.90. The van der Waals surface area contributed by atoms with Gasteiger partial charge in [0.1, 0.15) is 4.90 Å². The van der Waals surface area contributed by atoms with Gasteiger partial charge in [0.25, 0.3) is 0 Å². The van der Waals surface area contributed by atoms with Gasteiger partial charge in [-0.15, -0.1) is 11.8 Å². The van der Waals surface area contributed by atoms with E-state index in [1.165, 1.54) is 10.5 Å². The van der Waals surface area contributed by atoms with Crippen molar-refractivity contribution in [3.63, 3.8) is 0 Å². The summed E-state index contributed by atoms with van der Waals surface area (Å²) < 4.78 is 26.4. The molecule has 0 unspecified atom stereocenters. The molecule has 8 heteroatoms. The Hall–Kier alpha value is -1.12. The topological polar surface area (TPSA) is 70.6 Å². The predicted octanol–water partition coefficient (Wildman–Crippen LogP) is 1.97. The van der Waals surface area contributed by atoms with Crippen molar-refractivity contribution in [2.24, 2.45) is 0 Å². The number of thioether (sulfide) groups is 1. The van der Waals surface area contributed by atoms with Crippen LogP contribution in [0, 0.1) is 0 Å². The number of pyridine rings is 1. The molecule has 0 spiro atoms. The quantitative estimate of drug-likeness (QED) is 0.543. The second-order valence-corrected chi connectivity index (χ2v) is 9.18. The van der Waals surface area contributed by atoms with Gasteiger partial charge in [0, 0.05) is 44.5 Å². The lowest BCUT2D eigenvalue weighted by atomic mass is 10.4. The number of likely N-dealkylation sites (tertiary alicyclic amines) is 1. The third-order valence-corrected chi connectivity index (χ3v) is 7.32. The van der Waals surface area contributed by atoms with E-state index in [-0.39, 0.29) is 10.8 Å². The van der Waals surface area contributed by atoms with Crippen LogP contribution in [0.25, 0.3) is 0 Å². The molecule has 2 saturated heterocycles. The summed E-state index contributed by atoms with van der Waals surface area (Å²) in [4.78, 5) is 18.0. The summed E-state index contributed by atoms with van der Waals surface area (Å²) in [6.45, 7) is 2.89. The van der Waals surface area contributed by atoms with E-state index in [1.54, 1.807) is 23.9 Å². The molecule has 3 rings (SSSR count). The zero-order valence-corrected chi connectivity index (χ0v) is 15.3. The highest BCUT2D eigenvalue weighted by atomic mass is 32.2. The smallest absolute Gasteiger partial charge is 0.244 e. The molecular weight excluding hydrogens is 346 g/mol. The molecule has 0 aromatic carbocycles. The van der Waals surface area contributed by atoms with Gasteiger partial charge in [-0.05, 0) is 37.8 Å². The number of sulfonamides is 1. The Morgan fingerprint density at radius 3 is 2.54 bits per heavy atom. The van der Waals surface area contributed by atoms with Crippen LogP contribution in [0.2, 0.25) is 0 Å². The number of aromatic nitrogens is 1. The highest BCUT2D eigenvalue weighted by molar-refractivity contribution is 7.99. The molecule has 6 nitrogen and oxygen atoms in total. The number of nitrogens with zero attached hydrogens (tertiary/aromatic N) is 3. The first-order chi connectivity index (χ1) is 11.6. The van der Waals surface area contributed by atoms with E-state index < -0.39 is 10.0 Å². The summed E-state index contributed by atoms with van der Waals surface area (Å²) in [5, 5.41) is 0.822. The Morgan fingerprint density at radius 2 is 1.92 bits per heavy atom. The average molecular weight is 370 g/mol. The Morgan fingerprint density at radius 1 is 1.12 bits per heavy atom. The minimum atomic E-state index is -3.38. The third kappa shape index (κ3) is 4.10. The fraction of sp³-hybridized carbons (Fsp3) is 0.625. The second-order valence-electron chi connectivity index (χ2n) is 6.13. The van der Waals surface area contributed by atoms with E-state index in [9.17, 15) is 13.2 Å². The van der Waals surface area contributed by atoms with Crippen molar-refractivity contribution in [1.29, 1.82) is 0 Å². The first-order valence-corrected chi connectivity index (χ1v) is 10.9. The molecule has 1 aromatic rings. The molecule has 24 heavy (non-hydrogen) atoms. The Labute approximate surface area is 147 Å². The van der Waals surface area contributed by atoms with Crippen LogP contribution in [-0.4, -0.2) is 60.4 Å². The second kappa shape index (κ2) is 7.84. The molecule has 1 aromatic heterocycles. The number of hydrogen-bond acceptors (Lipinski definition) is 5. The first kappa shape index (κ1) is 17.7. The molecule has 0 bridgehead atoms. The van der Waals surface area contributed by atoms with E-state index in [1.807, 2.05) is 4.90 Å². The molecule has 132 valence electrons. The van der Waals surface area contributed by atoms with E-state index in [4.69, 9.17) is 0 Å². The zero-order chi connectivity index (χ0) is 17.0. The molecule has 0 aliphatic carbocycles. The molecule has 0 atom stereocenters. The van der Waals surface area contributed by atoms with Gasteiger partial charge in [-0.2, -0.15) is 4.31 Å². The minimum Gasteiger partial charge on any atom is -0.343 e. The maximum atomic E-state index is 12.4. The fourth-order valence-corrected chi connectivity index (χ4v) is 5.29. The van der Waals surface area contributed by atoms with Gasteiger partial charge in [-0.3, -0.25) is 4.79 Å². The van der Waals surface area contributed by atoms with E-state index >= 15 is 0 Å². The standard InChI is InChI=1S/C16H23N3O3S2/c20-16-5-3-8-18(16)9-4-12-23-15-7-6-14(13-17-15)24(21,22)19-10-1-2-11-19/h6-7,13H,1-5,8-12H2. The fourth-order valence-electron chi connectivity index (χ4n) is 3.05. The Bertz CT molecular complexity index is 670. The number of hydrogen-bond donors (Lipinski definition) is 0. The number of rotatable bonds is 7. The zero-order valence-electron chi connectivity index (χ0n) is 13.7. The van der Waals surface area contributed by atoms with Crippen LogP contribution in [-0.2, 0) is 14.8 Å². The van der Waals surface area contributed by atoms with Crippen molar-refractivity contribution in [1.82, 2.24) is 14.2 Å². The normalized spacial score (nSPS) is 19.3. The monoisotopic (exact) mass is 369 g/mol. The summed E-state index contributed by atoms with van der Waals surface area (Å²) >= 11 is 1.60. The average Bonchev–Trinajstić information content (AvgIpc) is 3.24. The first-order valence-electron chi connectivity index (χ1n) is 8.44. The summed E-state index contributed by atoms with van der Waals surface area (Å²) in [6, 6.07) is 3.42. The van der Waals surface area contributed by atoms with Gasteiger partial charge in [0.15, 0.2) is 0 Å². The highest BCUT2D eigenvalue weighted by Gasteiger charge is 2.27. The van der Waals surface area contributed by atoms with E-state index in [2.05, 4.69) is 4.98 Å². The maximum Gasteiger partial charge on any atom is 0.244 e. The van der Waals surface area contributed by atoms with Gasteiger partial charge in [-0.25, -0.2) is 13.4 Å². The van der Waals surface area contributed by atoms with Crippen molar-refractivity contribution in [2.75, 3.05) is 31.9 Å². The lowest BCUT2D eigenvalue weighted by Crippen LogP contribution is -2.27. The van der Waals surface area contributed by atoms with E-state index in [0.717, 1.165) is 49.6 Å². The lowest BCUT2D eigenvalue weighted by Gasteiger charge is -2.15. The van der Waals surface area contributed by atoms with Gasteiger partial charge in [0.2, 0.25) is 15.9 Å². The Balaban J connectivity index is 1.48. The molecule has 1 amide bonds. The van der Waals surface area contributed by atoms with Gasteiger partial charge >= 0.3 is 0 Å². The van der Waals surface area contributed by atoms with Gasteiger partial charge in [0.05, 0.1) is 5.03 Å². The lowest BCUT2D eigenvalue weighted by molar-refractivity contribution is -0.127. The summed E-state index contributed by atoms with van der Waals surface area (Å²) in [7, 11) is -3.38. The van der Waals surface area contributed by atoms with Crippen molar-refractivity contribution >= 4 is 27.7 Å². The summed E-state index contributed by atoms with van der Waals surface area (Å²) in [5.41, 5.74) is 0. The molecule has 0 saturated carbocycles. The van der Waals surface area contributed by atoms with Crippen LogP contribution < -0.4 is 0 Å². The van der Waals surface area contributed by atoms with Crippen LogP contribution in [0.1, 0.15) is 32.1 Å². The van der Waals surface area contributed by atoms with Gasteiger partial charge < -0.3 is 4.90 Å². The largest absolute Gasteiger partial charge is 0.343 e. The summed E-state index contributed by atoms with van der Waals surface area (Å²) in [5.74, 6) is 1.13. The molecule has 2 aliphatic rings. The number of carbonyl (C=O) groups is 1. The van der Waals surface area contributed by atoms with Crippen molar-refractivity contribution < 1.29 is 13.2 Å². The minimum absolute atomic E-state index is 0.259. The highest BCUT2D eigenvalue weighted by Crippen LogP contribution is 2.23. The van der Waals surface area contributed by atoms with Crippen LogP contribution >= 0.6 is 11.8 Å². The molecule has 0 N–H and O–H groups in total.